The molecule has 1 aliphatic heterocycles. The molecule has 1 heterocycles. The van der Waals surface area contributed by atoms with Gasteiger partial charge in [-0.25, -0.2) is 0 Å². The molecule has 2 heteroatoms. The van der Waals surface area contributed by atoms with Crippen LogP contribution in [0.3, 0.4) is 0 Å². The monoisotopic (exact) mass is 247 g/mol. The quantitative estimate of drug-likeness (QED) is 0.862. The Labute approximate surface area is 111 Å². The largest absolute Gasteiger partial charge is 0.493 e. The van der Waals surface area contributed by atoms with Crippen molar-refractivity contribution in [3.63, 3.8) is 0 Å². The zero-order valence-electron chi connectivity index (χ0n) is 11.8. The van der Waals surface area contributed by atoms with Gasteiger partial charge in [0.15, 0.2) is 0 Å². The van der Waals surface area contributed by atoms with Gasteiger partial charge in [0.1, 0.15) is 5.75 Å². The minimum atomic E-state index is 0.563. The molecular formula is C16H25NO. The Bertz CT molecular complexity index is 377. The van der Waals surface area contributed by atoms with Crippen LogP contribution in [0.4, 0.5) is 0 Å². The number of hydrogen-bond acceptors (Lipinski definition) is 2. The fourth-order valence-corrected chi connectivity index (χ4v) is 2.76. The molecule has 0 spiro atoms. The summed E-state index contributed by atoms with van der Waals surface area (Å²) in [5.41, 5.74) is 1.36. The summed E-state index contributed by atoms with van der Waals surface area (Å²) in [6, 6.07) is 8.99. The summed E-state index contributed by atoms with van der Waals surface area (Å²) < 4.78 is 5.89. The molecule has 2 rings (SSSR count). The third kappa shape index (κ3) is 3.05. The van der Waals surface area contributed by atoms with Gasteiger partial charge in [-0.1, -0.05) is 38.5 Å². The summed E-state index contributed by atoms with van der Waals surface area (Å²) in [4.78, 5) is 0. The van der Waals surface area contributed by atoms with Crippen molar-refractivity contribution in [3.05, 3.63) is 29.8 Å². The molecule has 0 aliphatic carbocycles. The van der Waals surface area contributed by atoms with Crippen molar-refractivity contribution >= 4 is 0 Å². The summed E-state index contributed by atoms with van der Waals surface area (Å²) in [5.74, 6) is 2.45. The van der Waals surface area contributed by atoms with Crippen LogP contribution in [-0.4, -0.2) is 19.7 Å². The van der Waals surface area contributed by atoms with E-state index in [9.17, 15) is 0 Å². The van der Waals surface area contributed by atoms with Crippen LogP contribution in [0.1, 0.15) is 32.3 Å². The van der Waals surface area contributed by atoms with Crippen LogP contribution in [0.25, 0.3) is 0 Å². The van der Waals surface area contributed by atoms with Crippen LogP contribution in [0.15, 0.2) is 24.3 Å². The summed E-state index contributed by atoms with van der Waals surface area (Å²) >= 11 is 0. The molecule has 18 heavy (non-hydrogen) atoms. The Balaban J connectivity index is 2.02. The third-order valence-corrected chi connectivity index (χ3v) is 4.20. The third-order valence-electron chi connectivity index (χ3n) is 4.20. The molecule has 0 bridgehead atoms. The van der Waals surface area contributed by atoms with Gasteiger partial charge in [0.25, 0.3) is 0 Å². The number of nitrogens with one attached hydrogen (secondary N) is 1. The lowest BCUT2D eigenvalue weighted by molar-refractivity contribution is 0.174. The highest BCUT2D eigenvalue weighted by Gasteiger charge is 2.27. The Morgan fingerprint density at radius 3 is 2.89 bits per heavy atom. The van der Waals surface area contributed by atoms with Gasteiger partial charge in [0.05, 0.1) is 6.61 Å². The first-order valence-corrected chi connectivity index (χ1v) is 7.12. The van der Waals surface area contributed by atoms with Crippen LogP contribution in [0.2, 0.25) is 0 Å². The van der Waals surface area contributed by atoms with Gasteiger partial charge >= 0.3 is 0 Å². The van der Waals surface area contributed by atoms with Crippen molar-refractivity contribution in [1.29, 1.82) is 0 Å². The molecule has 0 aromatic heterocycles. The van der Waals surface area contributed by atoms with Crippen molar-refractivity contribution in [3.8, 4) is 5.75 Å². The van der Waals surface area contributed by atoms with E-state index in [-0.39, 0.29) is 0 Å². The Morgan fingerprint density at radius 1 is 1.39 bits per heavy atom. The number of benzene rings is 1. The molecule has 0 saturated heterocycles. The Hall–Kier alpha value is -1.02. The minimum Gasteiger partial charge on any atom is -0.493 e. The second-order valence-electron chi connectivity index (χ2n) is 5.53. The molecule has 0 amide bonds. The average Bonchev–Trinajstić information content (AvgIpc) is 2.44. The molecule has 1 aromatic carbocycles. The van der Waals surface area contributed by atoms with Gasteiger partial charge in [-0.2, -0.15) is 0 Å². The molecule has 1 aliphatic rings. The number of rotatable bonds is 5. The summed E-state index contributed by atoms with van der Waals surface area (Å²) in [7, 11) is 2.08. The van der Waals surface area contributed by atoms with Crippen LogP contribution in [0, 0.1) is 11.8 Å². The number of fused-ring (bicyclic) bond motifs is 1. The van der Waals surface area contributed by atoms with E-state index in [1.807, 2.05) is 6.07 Å². The highest BCUT2D eigenvalue weighted by molar-refractivity contribution is 5.35. The van der Waals surface area contributed by atoms with Crippen LogP contribution < -0.4 is 10.1 Å². The number of ether oxygens (including phenoxy) is 1. The van der Waals surface area contributed by atoms with Crippen molar-refractivity contribution in [2.45, 2.75) is 39.2 Å². The zero-order chi connectivity index (χ0) is 13.0. The van der Waals surface area contributed by atoms with Crippen molar-refractivity contribution in [1.82, 2.24) is 5.32 Å². The van der Waals surface area contributed by atoms with Gasteiger partial charge in [-0.05, 0) is 37.4 Å². The van der Waals surface area contributed by atoms with E-state index in [2.05, 4.69) is 44.4 Å². The molecule has 2 nitrogen and oxygen atoms in total. The highest BCUT2D eigenvalue weighted by atomic mass is 16.5. The maximum atomic E-state index is 5.89. The highest BCUT2D eigenvalue weighted by Crippen LogP contribution is 2.30. The topological polar surface area (TPSA) is 21.3 Å². The standard InChI is InChI=1S/C16H25NO/c1-4-12(2)9-15(17-3)14-10-13-7-5-6-8-16(13)18-11-14/h5-8,12,14-15,17H,4,9-11H2,1-3H3. The SMILES string of the molecule is CCC(C)CC(NC)C1COc2ccccc2C1. The molecule has 1 N–H and O–H groups in total. The van der Waals surface area contributed by atoms with Gasteiger partial charge in [0.2, 0.25) is 0 Å². The second kappa shape index (κ2) is 6.24. The molecule has 3 atom stereocenters. The lowest BCUT2D eigenvalue weighted by atomic mass is 9.85. The van der Waals surface area contributed by atoms with E-state index in [1.54, 1.807) is 0 Å². The summed E-state index contributed by atoms with van der Waals surface area (Å²) in [5, 5.41) is 3.49. The van der Waals surface area contributed by atoms with Crippen LogP contribution in [-0.2, 0) is 6.42 Å². The lowest BCUT2D eigenvalue weighted by Crippen LogP contribution is -2.41. The summed E-state index contributed by atoms with van der Waals surface area (Å²) in [6.07, 6.45) is 3.63. The van der Waals surface area contributed by atoms with Gasteiger partial charge < -0.3 is 10.1 Å². The van der Waals surface area contributed by atoms with Gasteiger partial charge in [0, 0.05) is 12.0 Å². The molecule has 100 valence electrons. The van der Waals surface area contributed by atoms with E-state index >= 15 is 0 Å². The fraction of sp³-hybridized carbons (Fsp3) is 0.625. The number of hydrogen-bond donors (Lipinski definition) is 1. The van der Waals surface area contributed by atoms with Crippen molar-refractivity contribution in [2.24, 2.45) is 11.8 Å². The minimum absolute atomic E-state index is 0.563. The predicted octanol–water partition coefficient (Wildman–Crippen LogP) is 3.26. The summed E-state index contributed by atoms with van der Waals surface area (Å²) in [6.45, 7) is 5.45. The maximum absolute atomic E-state index is 5.89. The van der Waals surface area contributed by atoms with Crippen molar-refractivity contribution in [2.75, 3.05) is 13.7 Å². The Kier molecular flexibility index (Phi) is 4.65. The molecule has 0 fully saturated rings. The van der Waals surface area contributed by atoms with E-state index in [4.69, 9.17) is 4.74 Å². The van der Waals surface area contributed by atoms with E-state index in [1.165, 1.54) is 18.4 Å². The van der Waals surface area contributed by atoms with Crippen molar-refractivity contribution < 1.29 is 4.74 Å². The first-order chi connectivity index (χ1) is 8.74. The van der Waals surface area contributed by atoms with Gasteiger partial charge in [-0.15, -0.1) is 0 Å². The maximum Gasteiger partial charge on any atom is 0.122 e. The molecule has 0 saturated carbocycles. The predicted molar refractivity (Wildman–Crippen MR) is 76.1 cm³/mol. The van der Waals surface area contributed by atoms with E-state index < -0.39 is 0 Å². The lowest BCUT2D eigenvalue weighted by Gasteiger charge is -2.32. The Morgan fingerprint density at radius 2 is 2.17 bits per heavy atom. The number of para-hydroxylation sites is 1. The molecular weight excluding hydrogens is 222 g/mol. The fourth-order valence-electron chi connectivity index (χ4n) is 2.76. The first kappa shape index (κ1) is 13.4. The van der Waals surface area contributed by atoms with E-state index in [0.717, 1.165) is 24.7 Å². The average molecular weight is 247 g/mol. The molecule has 3 unspecified atom stereocenters. The molecule has 1 aromatic rings. The van der Waals surface area contributed by atoms with E-state index in [0.29, 0.717) is 12.0 Å². The van der Waals surface area contributed by atoms with Crippen LogP contribution >= 0.6 is 0 Å². The van der Waals surface area contributed by atoms with Crippen LogP contribution in [0.5, 0.6) is 5.75 Å². The second-order valence-corrected chi connectivity index (χ2v) is 5.53. The smallest absolute Gasteiger partial charge is 0.122 e. The first-order valence-electron chi connectivity index (χ1n) is 7.12. The normalized spacial score (nSPS) is 21.8. The zero-order valence-corrected chi connectivity index (χ0v) is 11.8. The molecule has 0 radical (unpaired) electrons. The van der Waals surface area contributed by atoms with Gasteiger partial charge in [-0.3, -0.25) is 0 Å².